The lowest BCUT2D eigenvalue weighted by atomic mass is 10.2. The van der Waals surface area contributed by atoms with Crippen LogP contribution in [-0.2, 0) is 16.1 Å². The van der Waals surface area contributed by atoms with E-state index in [1.54, 1.807) is 0 Å². The normalized spacial score (nSPS) is 12.6. The number of rotatable bonds is 8. The summed E-state index contributed by atoms with van der Waals surface area (Å²) in [5.74, 6) is 0. The van der Waals surface area contributed by atoms with E-state index >= 15 is 0 Å². The van der Waals surface area contributed by atoms with Gasteiger partial charge < -0.3 is 14.6 Å². The molecule has 0 saturated heterocycles. The van der Waals surface area contributed by atoms with Crippen molar-refractivity contribution >= 4 is 0 Å². The first-order valence-electron chi connectivity index (χ1n) is 5.74. The molecule has 0 amide bonds. The highest BCUT2D eigenvalue weighted by Crippen LogP contribution is 2.01. The van der Waals surface area contributed by atoms with Gasteiger partial charge in [-0.1, -0.05) is 43.7 Å². The molecular weight excluding hydrogens is 204 g/mol. The molecule has 0 aliphatic heterocycles. The first-order valence-corrected chi connectivity index (χ1v) is 5.74. The van der Waals surface area contributed by atoms with Gasteiger partial charge in [0.15, 0.2) is 6.29 Å². The van der Waals surface area contributed by atoms with E-state index in [2.05, 4.69) is 0 Å². The van der Waals surface area contributed by atoms with Crippen molar-refractivity contribution in [3.05, 3.63) is 35.9 Å². The molecule has 0 heterocycles. The lowest BCUT2D eigenvalue weighted by Gasteiger charge is -2.10. The lowest BCUT2D eigenvalue weighted by molar-refractivity contribution is -0.116. The minimum atomic E-state index is -0.648. The molecule has 0 unspecified atom stereocenters. The van der Waals surface area contributed by atoms with Crippen molar-refractivity contribution < 1.29 is 14.6 Å². The Morgan fingerprint density at radius 3 is 2.62 bits per heavy atom. The smallest absolute Gasteiger partial charge is 0.154 e. The molecule has 1 aromatic rings. The van der Waals surface area contributed by atoms with Crippen molar-refractivity contribution in [3.8, 4) is 0 Å². The van der Waals surface area contributed by atoms with Crippen LogP contribution in [0.1, 0.15) is 25.3 Å². The van der Waals surface area contributed by atoms with Crippen molar-refractivity contribution in [1.82, 2.24) is 0 Å². The highest BCUT2D eigenvalue weighted by Gasteiger charge is 2.01. The van der Waals surface area contributed by atoms with E-state index < -0.39 is 6.29 Å². The minimum absolute atomic E-state index is 0.438. The van der Waals surface area contributed by atoms with Crippen LogP contribution in [0.3, 0.4) is 0 Å². The monoisotopic (exact) mass is 224 g/mol. The quantitative estimate of drug-likeness (QED) is 0.544. The van der Waals surface area contributed by atoms with Crippen molar-refractivity contribution in [3.63, 3.8) is 0 Å². The first kappa shape index (κ1) is 13.2. The van der Waals surface area contributed by atoms with Crippen LogP contribution in [-0.4, -0.2) is 24.6 Å². The molecule has 0 saturated carbocycles. The Morgan fingerprint density at radius 2 is 1.94 bits per heavy atom. The van der Waals surface area contributed by atoms with E-state index in [1.807, 2.05) is 37.3 Å². The van der Waals surface area contributed by atoms with E-state index in [-0.39, 0.29) is 0 Å². The highest BCUT2D eigenvalue weighted by molar-refractivity contribution is 5.13. The summed E-state index contributed by atoms with van der Waals surface area (Å²) in [6.45, 7) is 3.55. The van der Waals surface area contributed by atoms with Crippen molar-refractivity contribution in [2.24, 2.45) is 0 Å². The lowest BCUT2D eigenvalue weighted by Crippen LogP contribution is -2.15. The largest absolute Gasteiger partial charge is 0.374 e. The standard InChI is InChI=1S/C13H20O3/c1-2-6-13(14)16-10-9-15-11-12-7-4-3-5-8-12/h3-5,7-8,13-14H,2,6,9-11H2,1H3/t13-/m0/s1. The molecule has 16 heavy (non-hydrogen) atoms. The van der Waals surface area contributed by atoms with E-state index in [0.717, 1.165) is 12.0 Å². The van der Waals surface area contributed by atoms with E-state index in [4.69, 9.17) is 9.47 Å². The molecule has 0 aliphatic rings. The molecule has 1 rings (SSSR count). The molecule has 0 fully saturated rings. The number of aliphatic hydroxyl groups excluding tert-OH is 1. The summed E-state index contributed by atoms with van der Waals surface area (Å²) in [5, 5.41) is 9.29. The summed E-state index contributed by atoms with van der Waals surface area (Å²) in [4.78, 5) is 0. The number of benzene rings is 1. The zero-order valence-electron chi connectivity index (χ0n) is 9.76. The summed E-state index contributed by atoms with van der Waals surface area (Å²) >= 11 is 0. The van der Waals surface area contributed by atoms with Crippen LogP contribution in [0.15, 0.2) is 30.3 Å². The molecule has 0 spiro atoms. The van der Waals surface area contributed by atoms with Crippen molar-refractivity contribution in [2.45, 2.75) is 32.7 Å². The molecule has 0 bridgehead atoms. The fourth-order valence-corrected chi connectivity index (χ4v) is 1.34. The second kappa shape index (κ2) is 8.28. The van der Waals surface area contributed by atoms with Crippen LogP contribution in [0.25, 0.3) is 0 Å². The molecule has 1 N–H and O–H groups in total. The third-order valence-corrected chi connectivity index (χ3v) is 2.19. The molecule has 0 aromatic heterocycles. The SMILES string of the molecule is CCC[C@@H](O)OCCOCc1ccccc1. The van der Waals surface area contributed by atoms with Gasteiger partial charge >= 0.3 is 0 Å². The molecule has 1 atom stereocenters. The van der Waals surface area contributed by atoms with Crippen molar-refractivity contribution in [1.29, 1.82) is 0 Å². The Labute approximate surface area is 97.0 Å². The molecule has 0 radical (unpaired) electrons. The maximum absolute atomic E-state index is 9.29. The predicted molar refractivity (Wildman–Crippen MR) is 63.0 cm³/mol. The van der Waals surface area contributed by atoms with Crippen molar-refractivity contribution in [2.75, 3.05) is 13.2 Å². The highest BCUT2D eigenvalue weighted by atomic mass is 16.6. The second-order valence-electron chi connectivity index (χ2n) is 3.65. The van der Waals surface area contributed by atoms with Gasteiger partial charge in [0.1, 0.15) is 0 Å². The first-order chi connectivity index (χ1) is 7.83. The third-order valence-electron chi connectivity index (χ3n) is 2.19. The topological polar surface area (TPSA) is 38.7 Å². The predicted octanol–water partition coefficient (Wildman–Crippen LogP) is 2.34. The number of hydrogen-bond donors (Lipinski definition) is 1. The fraction of sp³-hybridized carbons (Fsp3) is 0.538. The maximum atomic E-state index is 9.29. The van der Waals surface area contributed by atoms with Gasteiger partial charge in [-0.05, 0) is 12.0 Å². The second-order valence-corrected chi connectivity index (χ2v) is 3.65. The molecule has 3 heteroatoms. The van der Waals surface area contributed by atoms with Crippen LogP contribution in [0.2, 0.25) is 0 Å². The van der Waals surface area contributed by atoms with Crippen LogP contribution in [0.5, 0.6) is 0 Å². The molecule has 90 valence electrons. The number of ether oxygens (including phenoxy) is 2. The van der Waals surface area contributed by atoms with Crippen LogP contribution in [0, 0.1) is 0 Å². The Hall–Kier alpha value is -0.900. The number of aliphatic hydroxyl groups is 1. The average Bonchev–Trinajstić information content (AvgIpc) is 2.30. The summed E-state index contributed by atoms with van der Waals surface area (Å²) < 4.78 is 10.6. The molecular formula is C13H20O3. The summed E-state index contributed by atoms with van der Waals surface area (Å²) in [6, 6.07) is 9.99. The Balaban J connectivity index is 2.00. The Kier molecular flexibility index (Phi) is 6.81. The minimum Gasteiger partial charge on any atom is -0.374 e. The van der Waals surface area contributed by atoms with E-state index in [9.17, 15) is 5.11 Å². The van der Waals surface area contributed by atoms with E-state index in [0.29, 0.717) is 26.2 Å². The maximum Gasteiger partial charge on any atom is 0.154 e. The third kappa shape index (κ3) is 5.85. The molecule has 1 aromatic carbocycles. The summed E-state index contributed by atoms with van der Waals surface area (Å²) in [6.07, 6.45) is 0.954. The van der Waals surface area contributed by atoms with Crippen LogP contribution in [0.4, 0.5) is 0 Å². The van der Waals surface area contributed by atoms with Gasteiger partial charge in [-0.15, -0.1) is 0 Å². The van der Waals surface area contributed by atoms with Gasteiger partial charge in [-0.25, -0.2) is 0 Å². The van der Waals surface area contributed by atoms with Gasteiger partial charge in [0.2, 0.25) is 0 Å². The van der Waals surface area contributed by atoms with Gasteiger partial charge in [0, 0.05) is 0 Å². The van der Waals surface area contributed by atoms with E-state index in [1.165, 1.54) is 0 Å². The Morgan fingerprint density at radius 1 is 1.19 bits per heavy atom. The molecule has 0 aliphatic carbocycles. The molecule has 3 nitrogen and oxygen atoms in total. The average molecular weight is 224 g/mol. The van der Waals surface area contributed by atoms with Gasteiger partial charge in [-0.3, -0.25) is 0 Å². The number of hydrogen-bond acceptors (Lipinski definition) is 3. The zero-order chi connectivity index (χ0) is 11.6. The zero-order valence-corrected chi connectivity index (χ0v) is 9.76. The van der Waals surface area contributed by atoms with Gasteiger partial charge in [0.25, 0.3) is 0 Å². The fourth-order valence-electron chi connectivity index (χ4n) is 1.34. The van der Waals surface area contributed by atoms with Gasteiger partial charge in [0.05, 0.1) is 19.8 Å². The summed E-state index contributed by atoms with van der Waals surface area (Å²) in [5.41, 5.74) is 1.15. The van der Waals surface area contributed by atoms with Crippen LogP contribution >= 0.6 is 0 Å². The van der Waals surface area contributed by atoms with Crippen LogP contribution < -0.4 is 0 Å². The summed E-state index contributed by atoms with van der Waals surface area (Å²) in [7, 11) is 0. The van der Waals surface area contributed by atoms with Gasteiger partial charge in [-0.2, -0.15) is 0 Å². The Bertz CT molecular complexity index is 261.